The van der Waals surface area contributed by atoms with Gasteiger partial charge in [-0.05, 0) is 30.4 Å². The molecule has 1 aliphatic rings. The van der Waals surface area contributed by atoms with Gasteiger partial charge in [-0.1, -0.05) is 39.0 Å². The molecule has 2 rings (SSSR count). The molecule has 0 amide bonds. The highest BCUT2D eigenvalue weighted by Crippen LogP contribution is 2.25. The van der Waals surface area contributed by atoms with E-state index in [9.17, 15) is 4.79 Å². The average molecular weight is 289 g/mol. The first-order chi connectivity index (χ1) is 9.87. The molecule has 5 nitrogen and oxygen atoms in total. The van der Waals surface area contributed by atoms with Crippen LogP contribution in [0.5, 0.6) is 0 Å². The van der Waals surface area contributed by atoms with E-state index in [-0.39, 0.29) is 23.6 Å². The van der Waals surface area contributed by atoms with Crippen molar-refractivity contribution >= 4 is 18.0 Å². The van der Waals surface area contributed by atoms with E-state index in [1.165, 1.54) is 0 Å². The van der Waals surface area contributed by atoms with Crippen LogP contribution in [0.1, 0.15) is 39.2 Å². The minimum atomic E-state index is -0.334. The molecule has 21 heavy (non-hydrogen) atoms. The molecular formula is C16H19NO4. The molecule has 1 heterocycles. The summed E-state index contributed by atoms with van der Waals surface area (Å²) in [6.07, 6.45) is 1.96. The van der Waals surface area contributed by atoms with Crippen LogP contribution in [0.2, 0.25) is 0 Å². The smallest absolute Gasteiger partial charge is 0.373 e. The van der Waals surface area contributed by atoms with E-state index in [1.54, 1.807) is 0 Å². The largest absolute Gasteiger partial charge is 0.406 e. The van der Waals surface area contributed by atoms with E-state index in [1.807, 2.05) is 30.3 Å². The van der Waals surface area contributed by atoms with Crippen molar-refractivity contribution < 1.29 is 19.1 Å². The van der Waals surface area contributed by atoms with Gasteiger partial charge >= 0.3 is 12.1 Å². The summed E-state index contributed by atoms with van der Waals surface area (Å²) < 4.78 is 5.24. The van der Waals surface area contributed by atoms with Crippen LogP contribution < -0.4 is 0 Å². The number of carbonyl (C=O) groups excluding carboxylic acids is 3. The SMILES string of the molecule is CC(C)(C)CCC1N=C(c2ccccc2)OC1=O.O=C=O. The van der Waals surface area contributed by atoms with Gasteiger partial charge in [0.25, 0.3) is 0 Å². The molecule has 0 spiro atoms. The molecule has 0 aliphatic carbocycles. The number of rotatable bonds is 3. The van der Waals surface area contributed by atoms with Gasteiger partial charge in [-0.15, -0.1) is 0 Å². The third kappa shape index (κ3) is 5.71. The standard InChI is InChI=1S/C15H19NO2.CO2/c1-15(2,3)10-9-12-14(17)18-13(16-12)11-7-5-4-6-8-11;2-1-3/h4-8,12H,9-10H2,1-3H3;. The van der Waals surface area contributed by atoms with Gasteiger partial charge in [0.2, 0.25) is 5.90 Å². The van der Waals surface area contributed by atoms with E-state index >= 15 is 0 Å². The summed E-state index contributed by atoms with van der Waals surface area (Å²) in [5, 5.41) is 0. The zero-order chi connectivity index (χ0) is 15.9. The zero-order valence-electron chi connectivity index (χ0n) is 12.5. The Hall–Kier alpha value is -2.26. The fourth-order valence-electron chi connectivity index (χ4n) is 1.85. The first-order valence-electron chi connectivity index (χ1n) is 6.71. The van der Waals surface area contributed by atoms with Gasteiger partial charge < -0.3 is 4.74 Å². The molecule has 1 aromatic carbocycles. The molecule has 1 atom stereocenters. The Bertz CT molecular complexity index is 537. The molecule has 1 aliphatic heterocycles. The topological polar surface area (TPSA) is 72.8 Å². The zero-order valence-corrected chi connectivity index (χ0v) is 12.5. The van der Waals surface area contributed by atoms with Crippen LogP contribution in [-0.2, 0) is 19.1 Å². The molecule has 112 valence electrons. The van der Waals surface area contributed by atoms with Crippen LogP contribution in [0.3, 0.4) is 0 Å². The third-order valence-corrected chi connectivity index (χ3v) is 2.93. The second-order valence-corrected chi connectivity index (χ2v) is 5.92. The predicted octanol–water partition coefficient (Wildman–Crippen LogP) is 2.60. The van der Waals surface area contributed by atoms with Gasteiger partial charge in [0.1, 0.15) is 0 Å². The van der Waals surface area contributed by atoms with Gasteiger partial charge in [0.05, 0.1) is 0 Å². The van der Waals surface area contributed by atoms with Crippen molar-refractivity contribution in [2.45, 2.75) is 39.7 Å². The second kappa shape index (κ2) is 7.50. The monoisotopic (exact) mass is 289 g/mol. The number of cyclic esters (lactones) is 1. The normalized spacial score (nSPS) is 17.2. The molecule has 1 unspecified atom stereocenters. The van der Waals surface area contributed by atoms with Crippen LogP contribution in [0, 0.1) is 5.41 Å². The Kier molecular flexibility index (Phi) is 6.00. The number of aliphatic imine (C=N–C) groups is 1. The summed E-state index contributed by atoms with van der Waals surface area (Å²) in [6.45, 7) is 6.49. The van der Waals surface area contributed by atoms with Crippen molar-refractivity contribution in [3.63, 3.8) is 0 Å². The third-order valence-electron chi connectivity index (χ3n) is 2.93. The molecule has 5 heteroatoms. The van der Waals surface area contributed by atoms with Gasteiger partial charge in [-0.3, -0.25) is 0 Å². The fraction of sp³-hybridized carbons (Fsp3) is 0.438. The molecule has 0 radical (unpaired) electrons. The molecule has 0 saturated heterocycles. The summed E-state index contributed by atoms with van der Waals surface area (Å²) >= 11 is 0. The van der Waals surface area contributed by atoms with E-state index in [0.29, 0.717) is 5.90 Å². The predicted molar refractivity (Wildman–Crippen MR) is 76.6 cm³/mol. The van der Waals surface area contributed by atoms with Crippen LogP contribution in [0.4, 0.5) is 0 Å². The van der Waals surface area contributed by atoms with Crippen LogP contribution in [0.25, 0.3) is 0 Å². The van der Waals surface area contributed by atoms with Crippen LogP contribution >= 0.6 is 0 Å². The Balaban J connectivity index is 0.000000677. The lowest BCUT2D eigenvalue weighted by Crippen LogP contribution is -2.18. The minimum absolute atomic E-state index is 0.214. The maximum Gasteiger partial charge on any atom is 0.373 e. The maximum atomic E-state index is 11.7. The number of esters is 1. The molecule has 0 fully saturated rings. The Morgan fingerprint density at radius 3 is 2.29 bits per heavy atom. The van der Waals surface area contributed by atoms with Gasteiger partial charge in [-0.2, -0.15) is 9.59 Å². The highest BCUT2D eigenvalue weighted by atomic mass is 16.6. The summed E-state index contributed by atoms with van der Waals surface area (Å²) in [7, 11) is 0. The Labute approximate surface area is 124 Å². The summed E-state index contributed by atoms with van der Waals surface area (Å²) in [5.41, 5.74) is 1.08. The Morgan fingerprint density at radius 1 is 1.19 bits per heavy atom. The van der Waals surface area contributed by atoms with E-state index in [2.05, 4.69) is 25.8 Å². The van der Waals surface area contributed by atoms with Gasteiger partial charge in [-0.25, -0.2) is 9.79 Å². The van der Waals surface area contributed by atoms with Crippen molar-refractivity contribution in [1.29, 1.82) is 0 Å². The van der Waals surface area contributed by atoms with Crippen LogP contribution in [-0.4, -0.2) is 24.1 Å². The molecule has 1 aromatic rings. The van der Waals surface area contributed by atoms with Crippen molar-refractivity contribution in [3.05, 3.63) is 35.9 Å². The summed E-state index contributed by atoms with van der Waals surface area (Å²) in [4.78, 5) is 32.4. The lowest BCUT2D eigenvalue weighted by molar-refractivity contribution is -0.191. The number of hydrogen-bond acceptors (Lipinski definition) is 5. The highest BCUT2D eigenvalue weighted by molar-refractivity contribution is 6.06. The summed E-state index contributed by atoms with van der Waals surface area (Å²) in [5.74, 6) is 0.234. The highest BCUT2D eigenvalue weighted by Gasteiger charge is 2.30. The average Bonchev–Trinajstić information content (AvgIpc) is 2.79. The quantitative estimate of drug-likeness (QED) is 0.802. The van der Waals surface area contributed by atoms with Gasteiger partial charge in [0.15, 0.2) is 6.04 Å². The number of hydrogen-bond donors (Lipinski definition) is 0. The van der Waals surface area contributed by atoms with E-state index in [0.717, 1.165) is 18.4 Å². The Morgan fingerprint density at radius 2 is 1.76 bits per heavy atom. The van der Waals surface area contributed by atoms with Crippen molar-refractivity contribution in [3.8, 4) is 0 Å². The molecule has 0 bridgehead atoms. The van der Waals surface area contributed by atoms with Gasteiger partial charge in [0, 0.05) is 5.56 Å². The summed E-state index contributed by atoms with van der Waals surface area (Å²) in [6, 6.07) is 9.22. The van der Waals surface area contributed by atoms with E-state index in [4.69, 9.17) is 14.3 Å². The number of nitrogens with zero attached hydrogens (tertiary/aromatic N) is 1. The molecular weight excluding hydrogens is 270 g/mol. The number of carbonyl (C=O) groups is 1. The first kappa shape index (κ1) is 16.8. The molecule has 0 saturated carbocycles. The fourth-order valence-corrected chi connectivity index (χ4v) is 1.85. The number of benzene rings is 1. The lowest BCUT2D eigenvalue weighted by atomic mass is 9.89. The lowest BCUT2D eigenvalue weighted by Gasteiger charge is -2.18. The van der Waals surface area contributed by atoms with E-state index < -0.39 is 0 Å². The number of ether oxygens (including phenoxy) is 1. The molecule has 0 N–H and O–H groups in total. The van der Waals surface area contributed by atoms with Crippen molar-refractivity contribution in [2.24, 2.45) is 10.4 Å². The van der Waals surface area contributed by atoms with Crippen molar-refractivity contribution in [2.75, 3.05) is 0 Å². The first-order valence-corrected chi connectivity index (χ1v) is 6.71. The second-order valence-electron chi connectivity index (χ2n) is 5.92. The van der Waals surface area contributed by atoms with Crippen LogP contribution in [0.15, 0.2) is 35.3 Å². The minimum Gasteiger partial charge on any atom is -0.406 e. The molecule has 0 aromatic heterocycles. The maximum absolute atomic E-state index is 11.7. The van der Waals surface area contributed by atoms with Crippen molar-refractivity contribution in [1.82, 2.24) is 0 Å².